The first kappa shape index (κ1) is 27.9. The van der Waals surface area contributed by atoms with Gasteiger partial charge in [-0.2, -0.15) is 26.3 Å². The molecule has 2 saturated heterocycles. The lowest BCUT2D eigenvalue weighted by Gasteiger charge is -2.43. The van der Waals surface area contributed by atoms with Crippen molar-refractivity contribution in [2.24, 2.45) is 0 Å². The van der Waals surface area contributed by atoms with Crippen molar-refractivity contribution in [3.8, 4) is 0 Å². The van der Waals surface area contributed by atoms with Crippen LogP contribution >= 0.6 is 0 Å². The average molecular weight is 544 g/mol. The number of fused-ring (bicyclic) bond motifs is 3. The number of hydrogen-bond acceptors (Lipinski definition) is 4. The van der Waals surface area contributed by atoms with Crippen molar-refractivity contribution in [3.63, 3.8) is 0 Å². The third-order valence-corrected chi connectivity index (χ3v) is 7.15. The van der Waals surface area contributed by atoms with E-state index in [2.05, 4.69) is 5.32 Å². The molecule has 2 aliphatic heterocycles. The maximum atomic E-state index is 13.4. The summed E-state index contributed by atoms with van der Waals surface area (Å²) in [4.78, 5) is 28.3. The number of nitrogens with zero attached hydrogens (tertiary/aromatic N) is 2. The van der Waals surface area contributed by atoms with Crippen LogP contribution < -0.4 is 5.32 Å². The van der Waals surface area contributed by atoms with Gasteiger partial charge in [-0.25, -0.2) is 4.79 Å². The van der Waals surface area contributed by atoms with E-state index in [1.807, 2.05) is 35.2 Å². The fraction of sp³-hybridized carbons (Fsp3) is 0.462. The highest BCUT2D eigenvalue weighted by Crippen LogP contribution is 2.40. The van der Waals surface area contributed by atoms with Gasteiger partial charge >= 0.3 is 18.4 Å². The minimum absolute atomic E-state index is 0.0340. The molecule has 2 bridgehead atoms. The van der Waals surface area contributed by atoms with Crippen molar-refractivity contribution in [1.82, 2.24) is 15.1 Å². The standard InChI is InChI=1S/C26H27F6N3O3/c1-17(18-13-20(25(27,28)29)15-21(14-18)26(30,31)32)38-16-24(19-5-3-2-4-6-19)8-10-34-11-12-35(24)9-7-22(36)33-23(34)37/h2-6,13-15,17H,7-12,16H2,1H3,(H,33,36,37)/t17-,24-/m1/s1. The van der Waals surface area contributed by atoms with Crippen LogP contribution in [0.4, 0.5) is 31.1 Å². The fourth-order valence-corrected chi connectivity index (χ4v) is 4.97. The van der Waals surface area contributed by atoms with Crippen LogP contribution in [0.15, 0.2) is 48.5 Å². The van der Waals surface area contributed by atoms with Crippen LogP contribution in [-0.4, -0.2) is 54.5 Å². The molecule has 6 nitrogen and oxygen atoms in total. The molecule has 0 aromatic heterocycles. The Labute approximate surface area is 215 Å². The number of nitrogens with one attached hydrogen (secondary N) is 1. The van der Waals surface area contributed by atoms with Gasteiger partial charge in [0.15, 0.2) is 0 Å². The first-order chi connectivity index (χ1) is 17.8. The molecule has 0 spiro atoms. The molecule has 0 radical (unpaired) electrons. The monoisotopic (exact) mass is 543 g/mol. The van der Waals surface area contributed by atoms with Gasteiger partial charge in [-0.15, -0.1) is 0 Å². The highest BCUT2D eigenvalue weighted by molar-refractivity contribution is 5.94. The van der Waals surface area contributed by atoms with Gasteiger partial charge in [0.2, 0.25) is 5.91 Å². The number of hydrogen-bond donors (Lipinski definition) is 1. The lowest BCUT2D eigenvalue weighted by Crippen LogP contribution is -2.51. The first-order valence-corrected chi connectivity index (χ1v) is 12.1. The lowest BCUT2D eigenvalue weighted by atomic mass is 9.85. The Bertz CT molecular complexity index is 1140. The smallest absolute Gasteiger partial charge is 0.372 e. The van der Waals surface area contributed by atoms with E-state index in [0.717, 1.165) is 5.56 Å². The van der Waals surface area contributed by atoms with E-state index in [1.165, 1.54) is 11.8 Å². The van der Waals surface area contributed by atoms with Crippen LogP contribution in [0, 0.1) is 0 Å². The van der Waals surface area contributed by atoms with Crippen LogP contribution in [0.2, 0.25) is 0 Å². The van der Waals surface area contributed by atoms with Crippen LogP contribution in [0.1, 0.15) is 48.1 Å². The molecule has 2 aromatic carbocycles. The molecule has 1 N–H and O–H groups in total. The van der Waals surface area contributed by atoms with Crippen molar-refractivity contribution in [2.45, 2.75) is 43.8 Å². The maximum Gasteiger partial charge on any atom is 0.416 e. The predicted molar refractivity (Wildman–Crippen MR) is 125 cm³/mol. The number of rotatable bonds is 5. The quantitative estimate of drug-likeness (QED) is 0.517. The zero-order valence-electron chi connectivity index (χ0n) is 20.5. The zero-order valence-corrected chi connectivity index (χ0v) is 20.5. The van der Waals surface area contributed by atoms with Gasteiger partial charge in [0, 0.05) is 32.6 Å². The molecule has 2 heterocycles. The number of carbonyl (C=O) groups excluding carboxylic acids is 2. The van der Waals surface area contributed by atoms with Crippen molar-refractivity contribution in [3.05, 3.63) is 70.8 Å². The third-order valence-electron chi connectivity index (χ3n) is 7.15. The number of urea groups is 1. The number of benzene rings is 2. The molecule has 2 aliphatic rings. The molecule has 3 amide bonds. The van der Waals surface area contributed by atoms with E-state index in [9.17, 15) is 35.9 Å². The number of carbonyl (C=O) groups is 2. The fourth-order valence-electron chi connectivity index (χ4n) is 4.97. The summed E-state index contributed by atoms with van der Waals surface area (Å²) in [6, 6.07) is 10.1. The highest BCUT2D eigenvalue weighted by Gasteiger charge is 2.43. The average Bonchev–Trinajstić information content (AvgIpc) is 3.01. The summed E-state index contributed by atoms with van der Waals surface area (Å²) >= 11 is 0. The molecule has 3 atom stereocenters. The van der Waals surface area contributed by atoms with Crippen LogP contribution in [0.5, 0.6) is 0 Å². The summed E-state index contributed by atoms with van der Waals surface area (Å²) in [5, 5.41) is 2.36. The second kappa shape index (κ2) is 10.6. The molecule has 1 unspecified atom stereocenters. The highest BCUT2D eigenvalue weighted by atomic mass is 19.4. The van der Waals surface area contributed by atoms with Crippen molar-refractivity contribution in [1.29, 1.82) is 0 Å². The van der Waals surface area contributed by atoms with Crippen molar-refractivity contribution in [2.75, 3.05) is 32.8 Å². The summed E-state index contributed by atoms with van der Waals surface area (Å²) < 4.78 is 86.4. The number of halogens is 6. The Balaban J connectivity index is 1.69. The zero-order chi connectivity index (χ0) is 27.7. The van der Waals surface area contributed by atoms with Gasteiger partial charge in [-0.3, -0.25) is 15.0 Å². The maximum absolute atomic E-state index is 13.4. The van der Waals surface area contributed by atoms with Gasteiger partial charge in [0.25, 0.3) is 0 Å². The first-order valence-electron chi connectivity index (χ1n) is 12.1. The van der Waals surface area contributed by atoms with E-state index < -0.39 is 47.1 Å². The SMILES string of the molecule is C[C@@H](OC[C@@]1(c2ccccc2)CCN2CCN1CCC(=O)NC2=O)c1cc(C(F)(F)F)cc(C(F)(F)F)c1. The van der Waals surface area contributed by atoms with E-state index in [1.54, 1.807) is 0 Å². The van der Waals surface area contributed by atoms with Gasteiger partial charge in [-0.05, 0) is 42.7 Å². The third kappa shape index (κ3) is 5.96. The van der Waals surface area contributed by atoms with Crippen molar-refractivity contribution >= 4 is 11.9 Å². The van der Waals surface area contributed by atoms with Crippen molar-refractivity contribution < 1.29 is 40.7 Å². The van der Waals surface area contributed by atoms with E-state index in [4.69, 9.17) is 4.74 Å². The van der Waals surface area contributed by atoms with Crippen LogP contribution in [0.25, 0.3) is 0 Å². The summed E-state index contributed by atoms with van der Waals surface area (Å²) in [6.45, 7) is 2.60. The van der Waals surface area contributed by atoms with Gasteiger partial charge < -0.3 is 9.64 Å². The normalized spacial score (nSPS) is 23.8. The minimum atomic E-state index is -4.97. The van der Waals surface area contributed by atoms with E-state index in [0.29, 0.717) is 31.6 Å². The van der Waals surface area contributed by atoms with E-state index >= 15 is 0 Å². The molecule has 4 rings (SSSR count). The number of imide groups is 1. The molecule has 2 aromatic rings. The topological polar surface area (TPSA) is 61.9 Å². The molecular weight excluding hydrogens is 516 g/mol. The van der Waals surface area contributed by atoms with Crippen LogP contribution in [-0.2, 0) is 27.4 Å². The Morgan fingerprint density at radius 2 is 1.55 bits per heavy atom. The summed E-state index contributed by atoms with van der Waals surface area (Å²) in [5.74, 6) is -0.436. The lowest BCUT2D eigenvalue weighted by molar-refractivity contribution is -0.143. The van der Waals surface area contributed by atoms with E-state index in [-0.39, 0.29) is 37.7 Å². The minimum Gasteiger partial charge on any atom is -0.372 e. The number of alkyl halides is 6. The number of ether oxygens (including phenoxy) is 1. The molecule has 206 valence electrons. The molecule has 12 heteroatoms. The summed E-state index contributed by atoms with van der Waals surface area (Å²) in [6.07, 6.45) is -10.6. The Kier molecular flexibility index (Phi) is 7.76. The Morgan fingerprint density at radius 1 is 0.921 bits per heavy atom. The second-order valence-electron chi connectivity index (χ2n) is 9.52. The molecule has 0 aliphatic carbocycles. The predicted octanol–water partition coefficient (Wildman–Crippen LogP) is 5.34. The van der Waals surface area contributed by atoms with Gasteiger partial charge in [0.1, 0.15) is 0 Å². The summed E-state index contributed by atoms with van der Waals surface area (Å²) in [7, 11) is 0. The van der Waals surface area contributed by atoms with Crippen LogP contribution in [0.3, 0.4) is 0 Å². The molecule has 2 fully saturated rings. The van der Waals surface area contributed by atoms with Gasteiger partial charge in [-0.1, -0.05) is 30.3 Å². The Hall–Kier alpha value is -3.12. The number of amides is 3. The molecule has 0 saturated carbocycles. The second-order valence-corrected chi connectivity index (χ2v) is 9.52. The van der Waals surface area contributed by atoms with Gasteiger partial charge in [0.05, 0.1) is 29.4 Å². The Morgan fingerprint density at radius 3 is 2.16 bits per heavy atom. The molecular formula is C26H27F6N3O3. The molecule has 38 heavy (non-hydrogen) atoms. The summed E-state index contributed by atoms with van der Waals surface area (Å²) in [5.41, 5.74) is -3.14. The largest absolute Gasteiger partial charge is 0.416 e.